The molecule has 0 aromatic heterocycles. The summed E-state index contributed by atoms with van der Waals surface area (Å²) in [5, 5.41) is 3.53. The summed E-state index contributed by atoms with van der Waals surface area (Å²) >= 11 is 0. The first kappa shape index (κ1) is 11.5. The number of aryl methyl sites for hydroxylation is 1. The van der Waals surface area contributed by atoms with Crippen LogP contribution in [-0.2, 0) is 6.42 Å². The van der Waals surface area contributed by atoms with Gasteiger partial charge in [-0.25, -0.2) is 0 Å². The summed E-state index contributed by atoms with van der Waals surface area (Å²) in [4.78, 5) is 0. The fraction of sp³-hybridized carbons (Fsp3) is 0.600. The molecule has 0 spiro atoms. The van der Waals surface area contributed by atoms with E-state index in [-0.39, 0.29) is 0 Å². The van der Waals surface area contributed by atoms with Crippen molar-refractivity contribution in [2.45, 2.75) is 45.4 Å². The van der Waals surface area contributed by atoms with Gasteiger partial charge in [0.25, 0.3) is 0 Å². The summed E-state index contributed by atoms with van der Waals surface area (Å²) in [7, 11) is 0. The van der Waals surface area contributed by atoms with E-state index in [4.69, 9.17) is 0 Å². The molecule has 0 heterocycles. The van der Waals surface area contributed by atoms with Crippen LogP contribution >= 0.6 is 0 Å². The van der Waals surface area contributed by atoms with Crippen molar-refractivity contribution in [3.63, 3.8) is 0 Å². The first-order valence-electron chi connectivity index (χ1n) is 6.71. The molecule has 2 rings (SSSR count). The van der Waals surface area contributed by atoms with Crippen LogP contribution in [0.25, 0.3) is 0 Å². The first-order chi connectivity index (χ1) is 7.88. The molecule has 1 aliphatic rings. The quantitative estimate of drug-likeness (QED) is 0.751. The van der Waals surface area contributed by atoms with E-state index >= 15 is 0 Å². The number of benzene rings is 1. The molecule has 1 aliphatic carbocycles. The largest absolute Gasteiger partial charge is 0.385 e. The zero-order valence-corrected chi connectivity index (χ0v) is 10.3. The van der Waals surface area contributed by atoms with Crippen LogP contribution in [0.3, 0.4) is 0 Å². The van der Waals surface area contributed by atoms with Gasteiger partial charge in [0.1, 0.15) is 0 Å². The summed E-state index contributed by atoms with van der Waals surface area (Å²) < 4.78 is 0. The van der Waals surface area contributed by atoms with Gasteiger partial charge in [-0.2, -0.15) is 0 Å². The van der Waals surface area contributed by atoms with Gasteiger partial charge in [-0.3, -0.25) is 0 Å². The molecule has 0 unspecified atom stereocenters. The van der Waals surface area contributed by atoms with E-state index < -0.39 is 0 Å². The van der Waals surface area contributed by atoms with E-state index in [0.29, 0.717) is 0 Å². The lowest BCUT2D eigenvalue weighted by Crippen LogP contribution is -2.20. The predicted octanol–water partition coefficient (Wildman–Crippen LogP) is 4.24. The zero-order valence-electron chi connectivity index (χ0n) is 10.3. The number of rotatable bonds is 6. The van der Waals surface area contributed by atoms with E-state index in [1.807, 2.05) is 0 Å². The molecule has 1 fully saturated rings. The molecule has 0 radical (unpaired) electrons. The third kappa shape index (κ3) is 3.26. The van der Waals surface area contributed by atoms with Crippen LogP contribution in [0.1, 0.15) is 44.6 Å². The topological polar surface area (TPSA) is 12.0 Å². The van der Waals surface area contributed by atoms with E-state index in [1.165, 1.54) is 49.8 Å². The highest BCUT2D eigenvalue weighted by molar-refractivity contribution is 5.44. The number of hydrogen-bond acceptors (Lipinski definition) is 1. The van der Waals surface area contributed by atoms with Gasteiger partial charge in [0.2, 0.25) is 0 Å². The van der Waals surface area contributed by atoms with Crippen molar-refractivity contribution in [1.82, 2.24) is 0 Å². The predicted molar refractivity (Wildman–Crippen MR) is 70.9 cm³/mol. The minimum atomic E-state index is 0.930. The fourth-order valence-corrected chi connectivity index (χ4v) is 2.13. The van der Waals surface area contributed by atoms with Crippen molar-refractivity contribution < 1.29 is 0 Å². The van der Waals surface area contributed by atoms with Crippen LogP contribution in [0.5, 0.6) is 0 Å². The van der Waals surface area contributed by atoms with E-state index in [1.54, 1.807) is 0 Å². The SMILES string of the molecule is CCCCc1ccc(NCC2CCC2)cc1. The lowest BCUT2D eigenvalue weighted by Gasteiger charge is -2.25. The van der Waals surface area contributed by atoms with Crippen LogP contribution in [-0.4, -0.2) is 6.54 Å². The maximum absolute atomic E-state index is 3.53. The molecule has 88 valence electrons. The minimum absolute atomic E-state index is 0.930. The Labute approximate surface area is 99.3 Å². The number of unbranched alkanes of at least 4 members (excludes halogenated alkanes) is 1. The minimum Gasteiger partial charge on any atom is -0.385 e. The second kappa shape index (κ2) is 5.93. The van der Waals surface area contributed by atoms with Gasteiger partial charge in [0.05, 0.1) is 0 Å². The average molecular weight is 217 g/mol. The number of hydrogen-bond donors (Lipinski definition) is 1. The third-order valence-electron chi connectivity index (χ3n) is 3.59. The Bertz CT molecular complexity index is 298. The highest BCUT2D eigenvalue weighted by atomic mass is 14.9. The smallest absolute Gasteiger partial charge is 0.0340 e. The van der Waals surface area contributed by atoms with Crippen LogP contribution < -0.4 is 5.32 Å². The maximum Gasteiger partial charge on any atom is 0.0340 e. The van der Waals surface area contributed by atoms with Crippen LogP contribution in [0, 0.1) is 5.92 Å². The lowest BCUT2D eigenvalue weighted by molar-refractivity contribution is 0.333. The third-order valence-corrected chi connectivity index (χ3v) is 3.59. The summed E-state index contributed by atoms with van der Waals surface area (Å²) in [5.41, 5.74) is 2.75. The van der Waals surface area contributed by atoms with Crippen LogP contribution in [0.15, 0.2) is 24.3 Å². The van der Waals surface area contributed by atoms with Crippen molar-refractivity contribution >= 4 is 5.69 Å². The Morgan fingerprint density at radius 1 is 1.19 bits per heavy atom. The number of anilines is 1. The molecule has 1 nitrogen and oxygen atoms in total. The van der Waals surface area contributed by atoms with E-state index in [9.17, 15) is 0 Å². The molecule has 1 N–H and O–H groups in total. The molecular formula is C15H23N. The molecule has 0 amide bonds. The first-order valence-corrected chi connectivity index (χ1v) is 6.71. The van der Waals surface area contributed by atoms with Gasteiger partial charge in [-0.05, 0) is 49.3 Å². The van der Waals surface area contributed by atoms with Crippen molar-refractivity contribution in [2.24, 2.45) is 5.92 Å². The molecule has 0 atom stereocenters. The molecule has 0 aliphatic heterocycles. The Kier molecular flexibility index (Phi) is 4.26. The zero-order chi connectivity index (χ0) is 11.2. The number of nitrogens with one attached hydrogen (secondary N) is 1. The Balaban J connectivity index is 1.76. The Hall–Kier alpha value is -0.980. The van der Waals surface area contributed by atoms with Gasteiger partial charge in [-0.15, -0.1) is 0 Å². The summed E-state index contributed by atoms with van der Waals surface area (Å²) in [5.74, 6) is 0.930. The van der Waals surface area contributed by atoms with Crippen molar-refractivity contribution in [3.05, 3.63) is 29.8 Å². The van der Waals surface area contributed by atoms with Crippen molar-refractivity contribution in [2.75, 3.05) is 11.9 Å². The van der Waals surface area contributed by atoms with Crippen LogP contribution in [0.2, 0.25) is 0 Å². The second-order valence-corrected chi connectivity index (χ2v) is 4.98. The van der Waals surface area contributed by atoms with Gasteiger partial charge in [0.15, 0.2) is 0 Å². The summed E-state index contributed by atoms with van der Waals surface area (Å²) in [6.45, 7) is 3.41. The molecule has 1 aromatic rings. The molecule has 1 heteroatoms. The molecular weight excluding hydrogens is 194 g/mol. The molecule has 1 aromatic carbocycles. The van der Waals surface area contributed by atoms with Gasteiger partial charge in [0, 0.05) is 12.2 Å². The fourth-order valence-electron chi connectivity index (χ4n) is 2.13. The molecule has 16 heavy (non-hydrogen) atoms. The van der Waals surface area contributed by atoms with Crippen molar-refractivity contribution in [3.8, 4) is 0 Å². The standard InChI is InChI=1S/C15H23N/c1-2-3-5-13-8-10-15(11-9-13)16-12-14-6-4-7-14/h8-11,14,16H,2-7,12H2,1H3. The normalized spacial score (nSPS) is 15.8. The van der Waals surface area contributed by atoms with E-state index in [0.717, 1.165) is 12.5 Å². The van der Waals surface area contributed by atoms with Crippen LogP contribution in [0.4, 0.5) is 5.69 Å². The average Bonchev–Trinajstić information content (AvgIpc) is 2.26. The van der Waals surface area contributed by atoms with Gasteiger partial charge < -0.3 is 5.32 Å². The second-order valence-electron chi connectivity index (χ2n) is 4.98. The van der Waals surface area contributed by atoms with Crippen molar-refractivity contribution in [1.29, 1.82) is 0 Å². The maximum atomic E-state index is 3.53. The van der Waals surface area contributed by atoms with E-state index in [2.05, 4.69) is 36.5 Å². The summed E-state index contributed by atoms with van der Waals surface area (Å²) in [6.07, 6.45) is 8.07. The molecule has 0 saturated heterocycles. The highest BCUT2D eigenvalue weighted by Gasteiger charge is 2.16. The molecule has 0 bridgehead atoms. The summed E-state index contributed by atoms with van der Waals surface area (Å²) in [6, 6.07) is 8.98. The lowest BCUT2D eigenvalue weighted by atomic mass is 9.85. The monoisotopic (exact) mass is 217 g/mol. The Morgan fingerprint density at radius 3 is 2.50 bits per heavy atom. The Morgan fingerprint density at radius 2 is 1.94 bits per heavy atom. The molecule has 1 saturated carbocycles. The van der Waals surface area contributed by atoms with Gasteiger partial charge in [-0.1, -0.05) is 31.9 Å². The van der Waals surface area contributed by atoms with Gasteiger partial charge >= 0.3 is 0 Å². The highest BCUT2D eigenvalue weighted by Crippen LogP contribution is 2.26.